The molecule has 0 unspecified atom stereocenters. The van der Waals surface area contributed by atoms with E-state index in [-0.39, 0.29) is 0 Å². The highest BCUT2D eigenvalue weighted by molar-refractivity contribution is 6.04. The van der Waals surface area contributed by atoms with Crippen molar-refractivity contribution >= 4 is 23.7 Å². The van der Waals surface area contributed by atoms with Gasteiger partial charge < -0.3 is 0 Å². The fourth-order valence-corrected chi connectivity index (χ4v) is 3.58. The van der Waals surface area contributed by atoms with Gasteiger partial charge >= 0.3 is 0 Å². The Hall–Kier alpha value is -4.04. The van der Waals surface area contributed by atoms with Crippen molar-refractivity contribution in [3.63, 3.8) is 0 Å². The molecule has 0 saturated carbocycles. The Morgan fingerprint density at radius 1 is 0.400 bits per heavy atom. The second-order valence-corrected chi connectivity index (χ2v) is 6.96. The van der Waals surface area contributed by atoms with Crippen LogP contribution in [0.5, 0.6) is 0 Å². The third kappa shape index (κ3) is 4.03. The maximum absolute atomic E-state index is 11.2. The molecule has 2 heteroatoms. The first kappa shape index (κ1) is 19.3. The molecule has 0 aliphatic rings. The van der Waals surface area contributed by atoms with Crippen LogP contribution < -0.4 is 0 Å². The molecule has 0 aliphatic heterocycles. The van der Waals surface area contributed by atoms with Crippen molar-refractivity contribution in [2.45, 2.75) is 0 Å². The summed E-state index contributed by atoms with van der Waals surface area (Å²) in [5.74, 6) is 0. The Bertz CT molecular complexity index is 1070. The van der Waals surface area contributed by atoms with Crippen molar-refractivity contribution in [3.05, 3.63) is 143 Å². The van der Waals surface area contributed by atoms with Crippen LogP contribution in [0.2, 0.25) is 0 Å². The molecule has 0 aliphatic carbocycles. The molecule has 2 nitrogen and oxygen atoms in total. The van der Waals surface area contributed by atoms with E-state index in [1.54, 1.807) is 0 Å². The minimum atomic E-state index is 0.641. The largest absolute Gasteiger partial charge is 0.298 e. The lowest BCUT2D eigenvalue weighted by molar-refractivity contribution is 0.111. The molecule has 0 radical (unpaired) electrons. The molecule has 0 atom stereocenters. The lowest BCUT2D eigenvalue weighted by atomic mass is 9.85. The molecule has 0 N–H and O–H groups in total. The summed E-state index contributed by atoms with van der Waals surface area (Å²) < 4.78 is 0. The maximum Gasteiger partial charge on any atom is 0.150 e. The van der Waals surface area contributed by atoms with Crippen LogP contribution in [0, 0.1) is 0 Å². The second-order valence-electron chi connectivity index (χ2n) is 6.96. The predicted octanol–water partition coefficient (Wildman–Crippen LogP) is 6.32. The molecule has 0 fully saturated rings. The predicted molar refractivity (Wildman–Crippen MR) is 122 cm³/mol. The van der Waals surface area contributed by atoms with Crippen LogP contribution in [0.3, 0.4) is 0 Å². The number of hydrogen-bond donors (Lipinski definition) is 0. The summed E-state index contributed by atoms with van der Waals surface area (Å²) in [7, 11) is 0. The van der Waals surface area contributed by atoms with E-state index in [0.717, 1.165) is 46.0 Å². The highest BCUT2D eigenvalue weighted by Crippen LogP contribution is 2.36. The molecule has 30 heavy (non-hydrogen) atoms. The number of aldehydes is 2. The first-order valence-electron chi connectivity index (χ1n) is 9.76. The van der Waals surface area contributed by atoms with Gasteiger partial charge in [0.05, 0.1) is 0 Å². The molecule has 4 rings (SSSR count). The number of carbonyl (C=O) groups excluding carboxylic acids is 2. The molecule has 4 aromatic rings. The lowest BCUT2D eigenvalue weighted by Crippen LogP contribution is -1.98. The Balaban J connectivity index is 2.05. The molecule has 0 aromatic heterocycles. The standard InChI is InChI=1S/C28H20O2/c29-19-21-11-15-25(16-12-21)27(23-7-3-1-4-8-23)28(24-9-5-2-6-10-24)26-17-13-22(20-30)14-18-26/h1-20H. The summed E-state index contributed by atoms with van der Waals surface area (Å²) in [4.78, 5) is 22.3. The van der Waals surface area contributed by atoms with Crippen LogP contribution in [0.4, 0.5) is 0 Å². The molecule has 144 valence electrons. The average Bonchev–Trinajstić information content (AvgIpc) is 2.84. The topological polar surface area (TPSA) is 34.1 Å². The van der Waals surface area contributed by atoms with E-state index in [4.69, 9.17) is 0 Å². The van der Waals surface area contributed by atoms with Crippen LogP contribution in [0.1, 0.15) is 43.0 Å². The first-order valence-corrected chi connectivity index (χ1v) is 9.76. The molecule has 0 bridgehead atoms. The Morgan fingerprint density at radius 2 is 0.700 bits per heavy atom. The van der Waals surface area contributed by atoms with Crippen LogP contribution in [-0.2, 0) is 0 Å². The van der Waals surface area contributed by atoms with Gasteiger partial charge in [-0.2, -0.15) is 0 Å². The van der Waals surface area contributed by atoms with Crippen molar-refractivity contribution in [2.24, 2.45) is 0 Å². The summed E-state index contributed by atoms with van der Waals surface area (Å²) in [6.45, 7) is 0. The van der Waals surface area contributed by atoms with Gasteiger partial charge in [0.2, 0.25) is 0 Å². The van der Waals surface area contributed by atoms with Crippen LogP contribution in [0.25, 0.3) is 11.1 Å². The fourth-order valence-electron chi connectivity index (χ4n) is 3.58. The van der Waals surface area contributed by atoms with Gasteiger partial charge in [-0.1, -0.05) is 109 Å². The SMILES string of the molecule is O=Cc1ccc(C(=C(c2ccccc2)c2ccc(C=O)cc2)c2ccccc2)cc1. The number of benzene rings is 4. The van der Waals surface area contributed by atoms with Crippen LogP contribution >= 0.6 is 0 Å². The van der Waals surface area contributed by atoms with Crippen molar-refractivity contribution < 1.29 is 9.59 Å². The van der Waals surface area contributed by atoms with E-state index in [1.807, 2.05) is 84.9 Å². The van der Waals surface area contributed by atoms with Crippen molar-refractivity contribution in [3.8, 4) is 0 Å². The quantitative estimate of drug-likeness (QED) is 0.286. The zero-order valence-electron chi connectivity index (χ0n) is 16.4. The second kappa shape index (κ2) is 8.97. The van der Waals surface area contributed by atoms with Gasteiger partial charge in [-0.15, -0.1) is 0 Å². The highest BCUT2D eigenvalue weighted by Gasteiger charge is 2.16. The molecular weight excluding hydrogens is 368 g/mol. The van der Waals surface area contributed by atoms with Gasteiger partial charge in [-0.3, -0.25) is 9.59 Å². The maximum atomic E-state index is 11.2. The Kier molecular flexibility index (Phi) is 5.77. The van der Waals surface area contributed by atoms with Gasteiger partial charge in [0.1, 0.15) is 12.6 Å². The third-order valence-electron chi connectivity index (χ3n) is 5.05. The molecule has 0 amide bonds. The Labute approximate surface area is 176 Å². The fraction of sp³-hybridized carbons (Fsp3) is 0. The van der Waals surface area contributed by atoms with Gasteiger partial charge in [0.25, 0.3) is 0 Å². The van der Waals surface area contributed by atoms with E-state index >= 15 is 0 Å². The van der Waals surface area contributed by atoms with E-state index in [2.05, 4.69) is 24.3 Å². The minimum Gasteiger partial charge on any atom is -0.298 e. The number of rotatable bonds is 6. The monoisotopic (exact) mass is 388 g/mol. The smallest absolute Gasteiger partial charge is 0.150 e. The molecule has 4 aromatic carbocycles. The van der Waals surface area contributed by atoms with E-state index < -0.39 is 0 Å². The summed E-state index contributed by atoms with van der Waals surface area (Å²) in [5.41, 5.74) is 7.61. The van der Waals surface area contributed by atoms with E-state index in [9.17, 15) is 9.59 Å². The summed E-state index contributed by atoms with van der Waals surface area (Å²) in [6, 6.07) is 35.7. The Morgan fingerprint density at radius 3 is 1.00 bits per heavy atom. The van der Waals surface area contributed by atoms with Gasteiger partial charge in [-0.05, 0) is 33.4 Å². The van der Waals surface area contributed by atoms with Crippen molar-refractivity contribution in [1.82, 2.24) is 0 Å². The van der Waals surface area contributed by atoms with Crippen LogP contribution in [0.15, 0.2) is 109 Å². The molecule has 0 saturated heterocycles. The molecular formula is C28H20O2. The van der Waals surface area contributed by atoms with E-state index in [1.165, 1.54) is 0 Å². The first-order chi connectivity index (χ1) is 14.8. The summed E-state index contributed by atoms with van der Waals surface area (Å²) in [6.07, 6.45) is 1.71. The summed E-state index contributed by atoms with van der Waals surface area (Å²) in [5, 5.41) is 0. The van der Waals surface area contributed by atoms with Crippen LogP contribution in [-0.4, -0.2) is 12.6 Å². The molecule has 0 heterocycles. The van der Waals surface area contributed by atoms with Crippen molar-refractivity contribution in [2.75, 3.05) is 0 Å². The minimum absolute atomic E-state index is 0.641. The summed E-state index contributed by atoms with van der Waals surface area (Å²) >= 11 is 0. The normalized spacial score (nSPS) is 11.5. The van der Waals surface area contributed by atoms with Gasteiger partial charge in [0.15, 0.2) is 0 Å². The number of carbonyl (C=O) groups is 2. The van der Waals surface area contributed by atoms with Gasteiger partial charge in [-0.25, -0.2) is 0 Å². The third-order valence-corrected chi connectivity index (χ3v) is 5.05. The molecule has 0 spiro atoms. The average molecular weight is 388 g/mol. The zero-order chi connectivity index (χ0) is 20.8. The van der Waals surface area contributed by atoms with Crippen molar-refractivity contribution in [1.29, 1.82) is 0 Å². The van der Waals surface area contributed by atoms with E-state index in [0.29, 0.717) is 11.1 Å². The number of hydrogen-bond acceptors (Lipinski definition) is 2. The van der Waals surface area contributed by atoms with Gasteiger partial charge in [0, 0.05) is 11.1 Å². The zero-order valence-corrected chi connectivity index (χ0v) is 16.4. The lowest BCUT2D eigenvalue weighted by Gasteiger charge is -2.18. The highest BCUT2D eigenvalue weighted by atomic mass is 16.1.